The number of anilines is 1. The Morgan fingerprint density at radius 2 is 2.04 bits per heavy atom. The van der Waals surface area contributed by atoms with E-state index in [2.05, 4.69) is 28.8 Å². The van der Waals surface area contributed by atoms with Crippen LogP contribution in [0.25, 0.3) is 0 Å². The maximum absolute atomic E-state index is 14.4. The summed E-state index contributed by atoms with van der Waals surface area (Å²) in [6.07, 6.45) is 6.80. The van der Waals surface area contributed by atoms with Crippen molar-refractivity contribution in [2.45, 2.75) is 45.2 Å². The van der Waals surface area contributed by atoms with Crippen molar-refractivity contribution in [1.82, 2.24) is 9.97 Å². The normalized spacial score (nSPS) is 22.1. The summed E-state index contributed by atoms with van der Waals surface area (Å²) in [6, 6.07) is 5.43. The predicted octanol–water partition coefficient (Wildman–Crippen LogP) is 4.64. The lowest BCUT2D eigenvalue weighted by atomic mass is 9.85. The molecule has 0 radical (unpaired) electrons. The largest absolute Gasteiger partial charge is 0.355 e. The fraction of sp³-hybridized carbons (Fsp3) is 0.450. The second-order valence-corrected chi connectivity index (χ2v) is 7.64. The fourth-order valence-corrected chi connectivity index (χ4v) is 4.24. The maximum atomic E-state index is 14.4. The van der Waals surface area contributed by atoms with Gasteiger partial charge < -0.3 is 4.90 Å². The lowest BCUT2D eigenvalue weighted by molar-refractivity contribution is 0.320. The lowest BCUT2D eigenvalue weighted by Gasteiger charge is -2.36. The zero-order valence-electron chi connectivity index (χ0n) is 15.0. The molecule has 0 N–H and O–H groups in total. The molecule has 4 rings (SSSR count). The third-order valence-electron chi connectivity index (χ3n) is 5.57. The summed E-state index contributed by atoms with van der Waals surface area (Å²) in [7, 11) is 2.09. The van der Waals surface area contributed by atoms with Crippen molar-refractivity contribution >= 4 is 23.1 Å². The number of rotatable bonds is 3. The maximum Gasteiger partial charge on any atom is 0.151 e. The number of aliphatic imine (C=N–C) groups is 1. The van der Waals surface area contributed by atoms with E-state index in [-0.39, 0.29) is 5.02 Å². The standard InChI is InChI=1S/C20H22ClFN4/c1-12-6-3-4-9-16(12)26(2)17-11-24-20-15(25-17)10-23-19(20)13-7-5-8-14(21)18(13)22/h5,7-8,11-12,16H,3-4,6,9-10H2,1-2H3/t12-,16+/m1/s1. The van der Waals surface area contributed by atoms with Gasteiger partial charge >= 0.3 is 0 Å². The molecule has 26 heavy (non-hydrogen) atoms. The molecule has 4 nitrogen and oxygen atoms in total. The average Bonchev–Trinajstić information content (AvgIpc) is 3.07. The van der Waals surface area contributed by atoms with E-state index in [9.17, 15) is 4.39 Å². The molecule has 2 aliphatic rings. The number of halogens is 2. The Morgan fingerprint density at radius 3 is 2.85 bits per heavy atom. The Kier molecular flexibility index (Phi) is 4.65. The first-order valence-corrected chi connectivity index (χ1v) is 9.52. The van der Waals surface area contributed by atoms with E-state index in [4.69, 9.17) is 16.6 Å². The van der Waals surface area contributed by atoms with Crippen molar-refractivity contribution in [3.8, 4) is 0 Å². The molecular weight excluding hydrogens is 351 g/mol. The van der Waals surface area contributed by atoms with Gasteiger partial charge in [0.2, 0.25) is 0 Å². The highest BCUT2D eigenvalue weighted by atomic mass is 35.5. The van der Waals surface area contributed by atoms with Crippen molar-refractivity contribution < 1.29 is 4.39 Å². The monoisotopic (exact) mass is 372 g/mol. The fourth-order valence-electron chi connectivity index (χ4n) is 4.07. The molecule has 6 heteroatoms. The van der Waals surface area contributed by atoms with Crippen LogP contribution in [0.15, 0.2) is 29.4 Å². The van der Waals surface area contributed by atoms with Gasteiger partial charge in [-0.25, -0.2) is 14.4 Å². The van der Waals surface area contributed by atoms with Gasteiger partial charge in [-0.05, 0) is 30.9 Å². The first-order valence-electron chi connectivity index (χ1n) is 9.14. The molecule has 1 aliphatic carbocycles. The number of benzene rings is 1. The summed E-state index contributed by atoms with van der Waals surface area (Å²) >= 11 is 5.91. The molecule has 1 saturated carbocycles. The molecular formula is C20H22ClFN4. The quantitative estimate of drug-likeness (QED) is 0.788. The van der Waals surface area contributed by atoms with Gasteiger partial charge in [-0.2, -0.15) is 0 Å². The molecule has 0 amide bonds. The Hall–Kier alpha value is -2.01. The van der Waals surface area contributed by atoms with Crippen LogP contribution in [-0.2, 0) is 6.54 Å². The molecule has 1 aliphatic heterocycles. The van der Waals surface area contributed by atoms with Crippen LogP contribution in [0.2, 0.25) is 5.02 Å². The van der Waals surface area contributed by atoms with E-state index in [0.717, 1.165) is 11.5 Å². The molecule has 2 aromatic rings. The minimum atomic E-state index is -0.459. The molecule has 0 spiro atoms. The zero-order valence-corrected chi connectivity index (χ0v) is 15.8. The minimum Gasteiger partial charge on any atom is -0.355 e. The summed E-state index contributed by atoms with van der Waals surface area (Å²) in [6.45, 7) is 2.73. The predicted molar refractivity (Wildman–Crippen MR) is 103 cm³/mol. The Morgan fingerprint density at radius 1 is 1.23 bits per heavy atom. The smallest absolute Gasteiger partial charge is 0.151 e. The summed E-state index contributed by atoms with van der Waals surface area (Å²) in [5.74, 6) is 1.06. The first kappa shape index (κ1) is 17.4. The van der Waals surface area contributed by atoms with Gasteiger partial charge in [0.1, 0.15) is 11.5 Å². The molecule has 2 atom stereocenters. The highest BCUT2D eigenvalue weighted by Gasteiger charge is 2.28. The lowest BCUT2D eigenvalue weighted by Crippen LogP contribution is -2.39. The van der Waals surface area contributed by atoms with Crippen LogP contribution in [0, 0.1) is 11.7 Å². The molecule has 2 heterocycles. The third-order valence-corrected chi connectivity index (χ3v) is 5.87. The highest BCUT2D eigenvalue weighted by Crippen LogP contribution is 2.31. The topological polar surface area (TPSA) is 41.4 Å². The molecule has 0 saturated heterocycles. The summed E-state index contributed by atoms with van der Waals surface area (Å²) in [4.78, 5) is 16.1. The van der Waals surface area contributed by atoms with Crippen LogP contribution in [0.3, 0.4) is 0 Å². The SMILES string of the molecule is C[C@@H]1CCCC[C@@H]1N(C)c1cnc2c(n1)CN=C2c1cccc(Cl)c1F. The summed E-state index contributed by atoms with van der Waals surface area (Å²) in [5.41, 5.74) is 2.37. The van der Waals surface area contributed by atoms with Gasteiger partial charge in [0.15, 0.2) is 5.82 Å². The molecule has 1 fully saturated rings. The van der Waals surface area contributed by atoms with Crippen LogP contribution in [0.1, 0.15) is 49.6 Å². The number of aromatic nitrogens is 2. The van der Waals surface area contributed by atoms with Crippen molar-refractivity contribution in [2.75, 3.05) is 11.9 Å². The van der Waals surface area contributed by atoms with Crippen LogP contribution in [0.5, 0.6) is 0 Å². The Bertz CT molecular complexity index is 867. The van der Waals surface area contributed by atoms with E-state index in [1.807, 2.05) is 0 Å². The summed E-state index contributed by atoms with van der Waals surface area (Å²) < 4.78 is 14.4. The van der Waals surface area contributed by atoms with E-state index < -0.39 is 5.82 Å². The molecule has 1 aromatic carbocycles. The second kappa shape index (κ2) is 6.95. The molecule has 1 aromatic heterocycles. The van der Waals surface area contributed by atoms with E-state index >= 15 is 0 Å². The number of hydrogen-bond donors (Lipinski definition) is 0. The first-order chi connectivity index (χ1) is 12.6. The second-order valence-electron chi connectivity index (χ2n) is 7.23. The number of fused-ring (bicyclic) bond motifs is 1. The van der Waals surface area contributed by atoms with Gasteiger partial charge in [0.05, 0.1) is 29.2 Å². The van der Waals surface area contributed by atoms with Gasteiger partial charge in [-0.3, -0.25) is 4.99 Å². The third kappa shape index (κ3) is 2.98. The van der Waals surface area contributed by atoms with Crippen molar-refractivity contribution in [3.63, 3.8) is 0 Å². The highest BCUT2D eigenvalue weighted by molar-refractivity contribution is 6.31. The zero-order chi connectivity index (χ0) is 18.3. The van der Waals surface area contributed by atoms with Crippen LogP contribution < -0.4 is 4.90 Å². The van der Waals surface area contributed by atoms with Gasteiger partial charge in [-0.1, -0.05) is 37.4 Å². The van der Waals surface area contributed by atoms with Crippen molar-refractivity contribution in [1.29, 1.82) is 0 Å². The van der Waals surface area contributed by atoms with Gasteiger partial charge in [0.25, 0.3) is 0 Å². The van der Waals surface area contributed by atoms with Crippen molar-refractivity contribution in [3.05, 3.63) is 52.2 Å². The molecule has 136 valence electrons. The minimum absolute atomic E-state index is 0.0919. The molecule has 0 unspecified atom stereocenters. The van der Waals surface area contributed by atoms with Crippen LogP contribution >= 0.6 is 11.6 Å². The van der Waals surface area contributed by atoms with E-state index in [1.54, 1.807) is 18.3 Å². The van der Waals surface area contributed by atoms with E-state index in [1.165, 1.54) is 31.7 Å². The number of nitrogens with zero attached hydrogens (tertiary/aromatic N) is 4. The number of hydrogen-bond acceptors (Lipinski definition) is 4. The Balaban J connectivity index is 1.63. The molecule has 0 bridgehead atoms. The average molecular weight is 373 g/mol. The van der Waals surface area contributed by atoms with Gasteiger partial charge in [0, 0.05) is 18.7 Å². The van der Waals surface area contributed by atoms with E-state index in [0.29, 0.717) is 35.5 Å². The van der Waals surface area contributed by atoms with Crippen molar-refractivity contribution in [2.24, 2.45) is 10.9 Å². The Labute approximate surface area is 158 Å². The summed E-state index contributed by atoms with van der Waals surface area (Å²) in [5, 5.41) is 0.0919. The van der Waals surface area contributed by atoms with Crippen LogP contribution in [-0.4, -0.2) is 28.8 Å². The van der Waals surface area contributed by atoms with Crippen LogP contribution in [0.4, 0.5) is 10.2 Å². The van der Waals surface area contributed by atoms with Gasteiger partial charge in [-0.15, -0.1) is 0 Å².